The first-order chi connectivity index (χ1) is 11.5. The van der Waals surface area contributed by atoms with Crippen LogP contribution in [-0.4, -0.2) is 46.3 Å². The second-order valence-corrected chi connectivity index (χ2v) is 7.92. The van der Waals surface area contributed by atoms with Gasteiger partial charge in [-0.3, -0.25) is 0 Å². The number of fused-ring (bicyclic) bond motifs is 1. The molecule has 0 bridgehead atoms. The van der Waals surface area contributed by atoms with Crippen molar-refractivity contribution in [3.63, 3.8) is 0 Å². The summed E-state index contributed by atoms with van der Waals surface area (Å²) in [7, 11) is -3.68. The van der Waals surface area contributed by atoms with Crippen LogP contribution in [0.5, 0.6) is 0 Å². The van der Waals surface area contributed by atoms with Gasteiger partial charge in [-0.05, 0) is 29.3 Å². The van der Waals surface area contributed by atoms with Gasteiger partial charge in [0.25, 0.3) is 0 Å². The highest BCUT2D eigenvalue weighted by atomic mass is 32.2. The lowest BCUT2D eigenvalue weighted by molar-refractivity contribution is 0.0485. The Bertz CT molecular complexity index is 987. The van der Waals surface area contributed by atoms with Crippen LogP contribution in [0.2, 0.25) is 0 Å². The fourth-order valence-electron chi connectivity index (χ4n) is 3.08. The van der Waals surface area contributed by atoms with Crippen LogP contribution >= 0.6 is 0 Å². The van der Waals surface area contributed by atoms with E-state index >= 15 is 0 Å². The molecule has 4 rings (SSSR count). The molecule has 1 saturated heterocycles. The number of aliphatic hydroxyl groups is 1. The maximum absolute atomic E-state index is 12.9. The predicted octanol–water partition coefficient (Wildman–Crippen LogP) is 1.24. The molecule has 0 amide bonds. The molecule has 124 valence electrons. The Labute approximate surface area is 139 Å². The Morgan fingerprint density at radius 3 is 2.71 bits per heavy atom. The summed E-state index contributed by atoms with van der Waals surface area (Å²) >= 11 is 0. The fraction of sp³-hybridized carbons (Fsp3) is 0.250. The van der Waals surface area contributed by atoms with Crippen LogP contribution in [0.4, 0.5) is 0 Å². The SMILES string of the molecule is O=S(=O)(c1ccc2ccccc2c1)N1CC[C@@](O)(c2cn[nH]n2)C1. The van der Waals surface area contributed by atoms with Gasteiger partial charge in [0.15, 0.2) is 0 Å². The van der Waals surface area contributed by atoms with E-state index in [0.717, 1.165) is 10.8 Å². The molecule has 24 heavy (non-hydrogen) atoms. The van der Waals surface area contributed by atoms with Gasteiger partial charge in [-0.2, -0.15) is 19.7 Å². The van der Waals surface area contributed by atoms with Crippen LogP contribution in [0.25, 0.3) is 10.8 Å². The molecule has 0 radical (unpaired) electrons. The minimum Gasteiger partial charge on any atom is -0.382 e. The molecule has 1 atom stereocenters. The van der Waals surface area contributed by atoms with Crippen molar-refractivity contribution in [2.24, 2.45) is 0 Å². The molecule has 2 aromatic carbocycles. The van der Waals surface area contributed by atoms with Crippen LogP contribution in [0.3, 0.4) is 0 Å². The van der Waals surface area contributed by atoms with E-state index in [1.165, 1.54) is 10.5 Å². The van der Waals surface area contributed by atoms with E-state index in [1.54, 1.807) is 18.2 Å². The maximum atomic E-state index is 12.9. The molecule has 8 heteroatoms. The van der Waals surface area contributed by atoms with E-state index in [1.807, 2.05) is 24.3 Å². The van der Waals surface area contributed by atoms with Crippen molar-refractivity contribution in [3.05, 3.63) is 54.4 Å². The maximum Gasteiger partial charge on any atom is 0.243 e. The Morgan fingerprint density at radius 2 is 1.96 bits per heavy atom. The smallest absolute Gasteiger partial charge is 0.243 e. The van der Waals surface area contributed by atoms with Gasteiger partial charge >= 0.3 is 0 Å². The Balaban J connectivity index is 1.67. The standard InChI is InChI=1S/C16H16N4O3S/c21-16(15-10-17-19-18-15)7-8-20(11-16)24(22,23)14-6-5-12-3-1-2-4-13(12)9-14/h1-6,9-10,21H,7-8,11H2,(H,17,18,19)/t16-/m0/s1. The second kappa shape index (κ2) is 5.37. The third-order valence-electron chi connectivity index (χ3n) is 4.46. The Morgan fingerprint density at radius 1 is 1.17 bits per heavy atom. The van der Waals surface area contributed by atoms with Crippen LogP contribution in [0, 0.1) is 0 Å². The van der Waals surface area contributed by atoms with E-state index in [2.05, 4.69) is 15.4 Å². The number of aromatic nitrogens is 3. The Hall–Kier alpha value is -2.29. The molecule has 0 aliphatic carbocycles. The summed E-state index contributed by atoms with van der Waals surface area (Å²) in [5.41, 5.74) is -0.949. The molecule has 3 aromatic rings. The average molecular weight is 344 g/mol. The van der Waals surface area contributed by atoms with E-state index in [4.69, 9.17) is 0 Å². The van der Waals surface area contributed by atoms with Crippen molar-refractivity contribution in [2.45, 2.75) is 16.9 Å². The third-order valence-corrected chi connectivity index (χ3v) is 6.30. The summed E-state index contributed by atoms with van der Waals surface area (Å²) in [6.07, 6.45) is 1.71. The number of β-amino-alcohol motifs (C(OH)–C–C–N with tert-alkyl or cyclic N) is 1. The quantitative estimate of drug-likeness (QED) is 0.745. The molecule has 0 saturated carbocycles. The van der Waals surface area contributed by atoms with Gasteiger partial charge in [-0.1, -0.05) is 30.3 Å². The number of hydrogen-bond acceptors (Lipinski definition) is 5. The topological polar surface area (TPSA) is 99.2 Å². The van der Waals surface area contributed by atoms with Crippen molar-refractivity contribution in [3.8, 4) is 0 Å². The van der Waals surface area contributed by atoms with Crippen LogP contribution in [0.15, 0.2) is 53.6 Å². The number of rotatable bonds is 3. The number of nitrogens with one attached hydrogen (secondary N) is 1. The van der Waals surface area contributed by atoms with Gasteiger partial charge in [0, 0.05) is 13.1 Å². The summed E-state index contributed by atoms with van der Waals surface area (Å²) in [6.45, 7) is 0.202. The minimum atomic E-state index is -3.68. The number of benzene rings is 2. The molecule has 2 heterocycles. The zero-order valence-corrected chi connectivity index (χ0v) is 13.6. The zero-order valence-electron chi connectivity index (χ0n) is 12.8. The van der Waals surface area contributed by atoms with Gasteiger partial charge in [-0.25, -0.2) is 8.42 Å². The van der Waals surface area contributed by atoms with Crippen LogP contribution in [-0.2, 0) is 15.6 Å². The average Bonchev–Trinajstić information content (AvgIpc) is 3.25. The highest BCUT2D eigenvalue weighted by Gasteiger charge is 2.44. The van der Waals surface area contributed by atoms with Gasteiger partial charge in [0.05, 0.1) is 11.1 Å². The fourth-order valence-corrected chi connectivity index (χ4v) is 4.61. The van der Waals surface area contributed by atoms with Crippen molar-refractivity contribution in [1.29, 1.82) is 0 Å². The van der Waals surface area contributed by atoms with Crippen LogP contribution < -0.4 is 0 Å². The molecule has 1 aliphatic heterocycles. The Kier molecular flexibility index (Phi) is 3.41. The lowest BCUT2D eigenvalue weighted by Gasteiger charge is -2.21. The molecular weight excluding hydrogens is 328 g/mol. The van der Waals surface area contributed by atoms with E-state index < -0.39 is 15.6 Å². The second-order valence-electron chi connectivity index (χ2n) is 5.98. The zero-order chi connectivity index (χ0) is 16.8. The molecule has 1 aliphatic rings. The number of aromatic amines is 1. The van der Waals surface area contributed by atoms with Crippen molar-refractivity contribution >= 4 is 20.8 Å². The first-order valence-electron chi connectivity index (χ1n) is 7.57. The molecule has 0 spiro atoms. The number of hydrogen-bond donors (Lipinski definition) is 2. The normalized spacial score (nSPS) is 22.2. The lowest BCUT2D eigenvalue weighted by atomic mass is 10.0. The van der Waals surface area contributed by atoms with E-state index in [9.17, 15) is 13.5 Å². The summed E-state index contributed by atoms with van der Waals surface area (Å²) in [4.78, 5) is 0.227. The largest absolute Gasteiger partial charge is 0.382 e. The van der Waals surface area contributed by atoms with Crippen molar-refractivity contribution in [2.75, 3.05) is 13.1 Å². The number of nitrogens with zero attached hydrogens (tertiary/aromatic N) is 3. The third kappa shape index (κ3) is 2.39. The lowest BCUT2D eigenvalue weighted by Crippen LogP contribution is -2.34. The number of sulfonamides is 1. The molecule has 0 unspecified atom stereocenters. The minimum absolute atomic E-state index is 0.0330. The number of H-pyrrole nitrogens is 1. The monoisotopic (exact) mass is 344 g/mol. The summed E-state index contributed by atoms with van der Waals surface area (Å²) in [6, 6.07) is 12.7. The van der Waals surface area contributed by atoms with Crippen LogP contribution in [0.1, 0.15) is 12.1 Å². The molecule has 2 N–H and O–H groups in total. The molecule has 1 aromatic heterocycles. The van der Waals surface area contributed by atoms with Gasteiger partial charge in [0.2, 0.25) is 10.0 Å². The van der Waals surface area contributed by atoms with Gasteiger partial charge < -0.3 is 5.11 Å². The molecular formula is C16H16N4O3S. The predicted molar refractivity (Wildman–Crippen MR) is 87.6 cm³/mol. The van der Waals surface area contributed by atoms with E-state index in [0.29, 0.717) is 5.69 Å². The van der Waals surface area contributed by atoms with Crippen molar-refractivity contribution in [1.82, 2.24) is 19.7 Å². The highest BCUT2D eigenvalue weighted by molar-refractivity contribution is 7.89. The first kappa shape index (κ1) is 15.3. The highest BCUT2D eigenvalue weighted by Crippen LogP contribution is 2.34. The molecule has 7 nitrogen and oxygen atoms in total. The summed E-state index contributed by atoms with van der Waals surface area (Å²) in [5, 5.41) is 22.6. The van der Waals surface area contributed by atoms with E-state index in [-0.39, 0.29) is 24.4 Å². The first-order valence-corrected chi connectivity index (χ1v) is 9.01. The summed E-state index contributed by atoms with van der Waals surface area (Å²) < 4.78 is 27.1. The van der Waals surface area contributed by atoms with Gasteiger partial charge in [0.1, 0.15) is 11.3 Å². The summed E-state index contributed by atoms with van der Waals surface area (Å²) in [5.74, 6) is 0. The molecule has 1 fully saturated rings. The van der Waals surface area contributed by atoms with Gasteiger partial charge in [-0.15, -0.1) is 0 Å². The van der Waals surface area contributed by atoms with Crippen molar-refractivity contribution < 1.29 is 13.5 Å².